The van der Waals surface area contributed by atoms with Crippen LogP contribution in [0.25, 0.3) is 0 Å². The summed E-state index contributed by atoms with van der Waals surface area (Å²) in [5.41, 5.74) is 4.02. The fraction of sp³-hybridized carbons (Fsp3) is 0.600. The van der Waals surface area contributed by atoms with Crippen LogP contribution in [-0.4, -0.2) is 40.2 Å². The highest BCUT2D eigenvalue weighted by Gasteiger charge is 2.31. The van der Waals surface area contributed by atoms with Crippen molar-refractivity contribution in [2.75, 3.05) is 13.6 Å². The van der Waals surface area contributed by atoms with Gasteiger partial charge in [0, 0.05) is 43.0 Å². The van der Waals surface area contributed by atoms with E-state index in [1.807, 2.05) is 17.8 Å². The molecule has 6 heteroatoms. The van der Waals surface area contributed by atoms with Crippen LogP contribution in [0.15, 0.2) is 23.0 Å². The van der Waals surface area contributed by atoms with Crippen molar-refractivity contribution in [3.63, 3.8) is 0 Å². The van der Waals surface area contributed by atoms with E-state index in [4.69, 9.17) is 4.42 Å². The van der Waals surface area contributed by atoms with E-state index in [2.05, 4.69) is 17.3 Å². The van der Waals surface area contributed by atoms with Gasteiger partial charge in [-0.2, -0.15) is 5.10 Å². The Labute approximate surface area is 154 Å². The fourth-order valence-corrected chi connectivity index (χ4v) is 3.86. The molecule has 140 valence electrons. The first-order chi connectivity index (χ1) is 12.7. The maximum absolute atomic E-state index is 13.1. The monoisotopic (exact) mass is 356 g/mol. The fourth-order valence-electron chi connectivity index (χ4n) is 3.86. The van der Waals surface area contributed by atoms with E-state index in [1.165, 1.54) is 18.5 Å². The van der Waals surface area contributed by atoms with E-state index in [0.29, 0.717) is 18.3 Å². The minimum atomic E-state index is -0.00232. The molecule has 0 aromatic carbocycles. The molecule has 0 spiro atoms. The second-order valence-corrected chi connectivity index (χ2v) is 7.67. The van der Waals surface area contributed by atoms with E-state index in [-0.39, 0.29) is 5.91 Å². The number of aryl methyl sites for hydroxylation is 1. The zero-order valence-corrected chi connectivity index (χ0v) is 15.7. The first-order valence-electron chi connectivity index (χ1n) is 9.74. The number of furan rings is 1. The molecule has 2 aromatic heterocycles. The second-order valence-electron chi connectivity index (χ2n) is 7.67. The molecular weight excluding hydrogens is 328 g/mol. The molecule has 0 aliphatic heterocycles. The van der Waals surface area contributed by atoms with Crippen LogP contribution >= 0.6 is 0 Å². The molecule has 2 aromatic rings. The SMILES string of the molecule is CCn1nc(C(=O)N(C)Cc2ccoc2)c2c1CCC(NCC1CC1)C2. The minimum absolute atomic E-state index is 0.00232. The van der Waals surface area contributed by atoms with Gasteiger partial charge in [0.15, 0.2) is 5.69 Å². The molecule has 0 saturated heterocycles. The molecule has 2 heterocycles. The van der Waals surface area contributed by atoms with Gasteiger partial charge in [-0.15, -0.1) is 0 Å². The van der Waals surface area contributed by atoms with Gasteiger partial charge in [-0.05, 0) is 57.6 Å². The van der Waals surface area contributed by atoms with E-state index in [9.17, 15) is 4.79 Å². The second kappa shape index (κ2) is 7.27. The number of rotatable bonds is 7. The number of hydrogen-bond donors (Lipinski definition) is 1. The van der Waals surface area contributed by atoms with Gasteiger partial charge in [0.05, 0.1) is 12.5 Å². The average molecular weight is 356 g/mol. The molecule has 1 amide bonds. The molecule has 0 bridgehead atoms. The summed E-state index contributed by atoms with van der Waals surface area (Å²) in [6.45, 7) is 4.55. The third kappa shape index (κ3) is 3.56. The number of carbonyl (C=O) groups is 1. The maximum Gasteiger partial charge on any atom is 0.274 e. The zero-order valence-electron chi connectivity index (χ0n) is 15.7. The summed E-state index contributed by atoms with van der Waals surface area (Å²) < 4.78 is 7.13. The summed E-state index contributed by atoms with van der Waals surface area (Å²) in [5.74, 6) is 0.870. The number of nitrogens with one attached hydrogen (secondary N) is 1. The molecule has 1 unspecified atom stereocenters. The summed E-state index contributed by atoms with van der Waals surface area (Å²) in [6, 6.07) is 2.35. The molecule has 0 radical (unpaired) electrons. The summed E-state index contributed by atoms with van der Waals surface area (Å²) in [7, 11) is 1.83. The third-order valence-electron chi connectivity index (χ3n) is 5.59. The molecular formula is C20H28N4O2. The predicted octanol–water partition coefficient (Wildman–Crippen LogP) is 2.63. The van der Waals surface area contributed by atoms with Gasteiger partial charge in [-0.25, -0.2) is 0 Å². The summed E-state index contributed by atoms with van der Waals surface area (Å²) in [4.78, 5) is 14.8. The van der Waals surface area contributed by atoms with Crippen molar-refractivity contribution in [3.05, 3.63) is 41.1 Å². The number of nitrogens with zero attached hydrogens (tertiary/aromatic N) is 3. The van der Waals surface area contributed by atoms with Gasteiger partial charge in [-0.3, -0.25) is 9.48 Å². The predicted molar refractivity (Wildman–Crippen MR) is 98.9 cm³/mol. The quantitative estimate of drug-likeness (QED) is 0.828. The first kappa shape index (κ1) is 17.3. The van der Waals surface area contributed by atoms with Crippen LogP contribution in [0.2, 0.25) is 0 Å². The molecule has 26 heavy (non-hydrogen) atoms. The van der Waals surface area contributed by atoms with Gasteiger partial charge in [0.2, 0.25) is 0 Å². The Morgan fingerprint density at radius 3 is 2.96 bits per heavy atom. The van der Waals surface area contributed by atoms with Crippen LogP contribution in [0.3, 0.4) is 0 Å². The van der Waals surface area contributed by atoms with Crippen molar-refractivity contribution >= 4 is 5.91 Å². The van der Waals surface area contributed by atoms with Crippen LogP contribution in [0.1, 0.15) is 53.5 Å². The van der Waals surface area contributed by atoms with Crippen LogP contribution in [-0.2, 0) is 25.9 Å². The molecule has 1 atom stereocenters. The van der Waals surface area contributed by atoms with Crippen molar-refractivity contribution in [1.82, 2.24) is 20.0 Å². The van der Waals surface area contributed by atoms with Crippen molar-refractivity contribution in [2.24, 2.45) is 5.92 Å². The van der Waals surface area contributed by atoms with Crippen molar-refractivity contribution < 1.29 is 9.21 Å². The smallest absolute Gasteiger partial charge is 0.274 e. The number of carbonyl (C=O) groups excluding carboxylic acids is 1. The highest BCUT2D eigenvalue weighted by molar-refractivity contribution is 5.94. The number of fused-ring (bicyclic) bond motifs is 1. The lowest BCUT2D eigenvalue weighted by atomic mass is 9.91. The minimum Gasteiger partial charge on any atom is -0.472 e. The van der Waals surface area contributed by atoms with Gasteiger partial charge < -0.3 is 14.6 Å². The maximum atomic E-state index is 13.1. The Bertz CT molecular complexity index is 761. The van der Waals surface area contributed by atoms with Gasteiger partial charge in [0.25, 0.3) is 5.91 Å². The number of hydrogen-bond acceptors (Lipinski definition) is 4. The summed E-state index contributed by atoms with van der Waals surface area (Å²) in [5, 5.41) is 8.39. The van der Waals surface area contributed by atoms with Gasteiger partial charge in [-0.1, -0.05) is 0 Å². The summed E-state index contributed by atoms with van der Waals surface area (Å²) in [6.07, 6.45) is 9.07. The molecule has 1 saturated carbocycles. The highest BCUT2D eigenvalue weighted by Crippen LogP contribution is 2.30. The van der Waals surface area contributed by atoms with Gasteiger partial charge in [0.1, 0.15) is 0 Å². The van der Waals surface area contributed by atoms with Crippen LogP contribution in [0.4, 0.5) is 0 Å². The van der Waals surface area contributed by atoms with E-state index in [0.717, 1.165) is 49.4 Å². The summed E-state index contributed by atoms with van der Waals surface area (Å²) >= 11 is 0. The lowest BCUT2D eigenvalue weighted by Gasteiger charge is -2.25. The van der Waals surface area contributed by atoms with E-state index >= 15 is 0 Å². The molecule has 2 aliphatic carbocycles. The van der Waals surface area contributed by atoms with E-state index < -0.39 is 0 Å². The third-order valence-corrected chi connectivity index (χ3v) is 5.59. The topological polar surface area (TPSA) is 63.3 Å². The Morgan fingerprint density at radius 1 is 1.42 bits per heavy atom. The largest absolute Gasteiger partial charge is 0.472 e. The standard InChI is InChI=1S/C20H28N4O2/c1-3-24-18-7-6-16(21-11-14-4-5-14)10-17(18)19(22-24)20(25)23(2)12-15-8-9-26-13-15/h8-9,13-14,16,21H,3-7,10-12H2,1-2H3. The highest BCUT2D eigenvalue weighted by atomic mass is 16.3. The first-order valence-corrected chi connectivity index (χ1v) is 9.74. The number of aromatic nitrogens is 2. The van der Waals surface area contributed by atoms with Crippen LogP contribution in [0.5, 0.6) is 0 Å². The van der Waals surface area contributed by atoms with Gasteiger partial charge >= 0.3 is 0 Å². The normalized spacial score (nSPS) is 19.4. The van der Waals surface area contributed by atoms with Crippen molar-refractivity contribution in [2.45, 2.75) is 58.2 Å². The van der Waals surface area contributed by atoms with Crippen molar-refractivity contribution in [3.8, 4) is 0 Å². The van der Waals surface area contributed by atoms with Crippen LogP contribution in [0, 0.1) is 5.92 Å². The zero-order chi connectivity index (χ0) is 18.1. The van der Waals surface area contributed by atoms with Crippen molar-refractivity contribution in [1.29, 1.82) is 0 Å². The molecule has 2 aliphatic rings. The van der Waals surface area contributed by atoms with E-state index in [1.54, 1.807) is 17.4 Å². The Morgan fingerprint density at radius 2 is 2.27 bits per heavy atom. The Hall–Kier alpha value is -2.08. The number of amides is 1. The molecule has 4 rings (SSSR count). The van der Waals surface area contributed by atoms with Crippen LogP contribution < -0.4 is 5.32 Å². The molecule has 1 fully saturated rings. The molecule has 1 N–H and O–H groups in total. The Kier molecular flexibility index (Phi) is 4.85. The Balaban J connectivity index is 1.51. The molecule has 6 nitrogen and oxygen atoms in total. The lowest BCUT2D eigenvalue weighted by Crippen LogP contribution is -2.37. The average Bonchev–Trinajstić information content (AvgIpc) is 3.21. The lowest BCUT2D eigenvalue weighted by molar-refractivity contribution is 0.0777.